The molecule has 0 aliphatic rings. The highest BCUT2D eigenvalue weighted by atomic mass is 35.5. The van der Waals surface area contributed by atoms with Gasteiger partial charge >= 0.3 is 0 Å². The number of benzene rings is 2. The van der Waals surface area contributed by atoms with Gasteiger partial charge in [-0.25, -0.2) is 4.39 Å². The Kier molecular flexibility index (Phi) is 4.33. The van der Waals surface area contributed by atoms with Crippen molar-refractivity contribution in [3.63, 3.8) is 0 Å². The lowest BCUT2D eigenvalue weighted by atomic mass is 10.0. The van der Waals surface area contributed by atoms with E-state index in [0.717, 1.165) is 11.1 Å². The summed E-state index contributed by atoms with van der Waals surface area (Å²) in [7, 11) is 0. The van der Waals surface area contributed by atoms with Crippen molar-refractivity contribution in [2.45, 2.75) is 19.8 Å². The average molecular weight is 277 g/mol. The molecule has 0 atom stereocenters. The Bertz CT molecular complexity index is 570. The molecule has 2 aromatic carbocycles. The van der Waals surface area contributed by atoms with Gasteiger partial charge in [0.15, 0.2) is 0 Å². The summed E-state index contributed by atoms with van der Waals surface area (Å²) in [5, 5.41) is 0.303. The van der Waals surface area contributed by atoms with Crippen LogP contribution >= 0.6 is 11.6 Å². The van der Waals surface area contributed by atoms with Crippen molar-refractivity contribution in [1.82, 2.24) is 0 Å². The van der Waals surface area contributed by atoms with Crippen molar-refractivity contribution in [2.75, 3.05) is 0 Å². The molecule has 0 fully saturated rings. The van der Waals surface area contributed by atoms with Crippen LogP contribution in [0.3, 0.4) is 0 Å². The van der Waals surface area contributed by atoms with Gasteiger partial charge in [-0.05, 0) is 24.6 Å². The molecule has 0 aliphatic carbocycles. The fourth-order valence-electron chi connectivity index (χ4n) is 1.89. The second-order valence-corrected chi connectivity index (χ2v) is 4.99. The monoisotopic (exact) mass is 276 g/mol. The molecule has 2 rings (SSSR count). The van der Waals surface area contributed by atoms with Crippen molar-refractivity contribution in [2.24, 2.45) is 0 Å². The SMILES string of the molecule is Cc1ccc(CC(=O)Cc2c(F)cccc2Cl)cc1. The lowest BCUT2D eigenvalue weighted by Crippen LogP contribution is -2.08. The van der Waals surface area contributed by atoms with Gasteiger partial charge < -0.3 is 0 Å². The van der Waals surface area contributed by atoms with Crippen LogP contribution in [0.5, 0.6) is 0 Å². The lowest BCUT2D eigenvalue weighted by Gasteiger charge is -2.05. The van der Waals surface area contributed by atoms with Crippen LogP contribution in [0.2, 0.25) is 5.02 Å². The zero-order valence-electron chi connectivity index (χ0n) is 10.6. The standard InChI is InChI=1S/C16H14ClFO/c1-11-5-7-12(8-6-11)9-13(19)10-14-15(17)3-2-4-16(14)18/h2-8H,9-10H2,1H3. The van der Waals surface area contributed by atoms with E-state index in [1.165, 1.54) is 12.1 Å². The Hall–Kier alpha value is -1.67. The maximum Gasteiger partial charge on any atom is 0.141 e. The molecule has 0 heterocycles. The second kappa shape index (κ2) is 5.98. The number of rotatable bonds is 4. The van der Waals surface area contributed by atoms with Gasteiger partial charge in [0.05, 0.1) is 0 Å². The van der Waals surface area contributed by atoms with Gasteiger partial charge in [0, 0.05) is 23.4 Å². The van der Waals surface area contributed by atoms with Crippen molar-refractivity contribution in [3.8, 4) is 0 Å². The first-order valence-electron chi connectivity index (χ1n) is 6.06. The molecule has 2 aromatic rings. The van der Waals surface area contributed by atoms with Crippen LogP contribution in [-0.4, -0.2) is 5.78 Å². The predicted molar refractivity (Wildman–Crippen MR) is 75.0 cm³/mol. The van der Waals surface area contributed by atoms with E-state index in [2.05, 4.69) is 0 Å². The van der Waals surface area contributed by atoms with Crippen LogP contribution in [0, 0.1) is 12.7 Å². The lowest BCUT2D eigenvalue weighted by molar-refractivity contribution is -0.117. The molecule has 19 heavy (non-hydrogen) atoms. The van der Waals surface area contributed by atoms with Crippen molar-refractivity contribution >= 4 is 17.4 Å². The highest BCUT2D eigenvalue weighted by Gasteiger charge is 2.12. The minimum atomic E-state index is -0.426. The second-order valence-electron chi connectivity index (χ2n) is 4.58. The van der Waals surface area contributed by atoms with E-state index in [9.17, 15) is 9.18 Å². The van der Waals surface area contributed by atoms with Crippen molar-refractivity contribution in [1.29, 1.82) is 0 Å². The third kappa shape index (κ3) is 3.65. The minimum Gasteiger partial charge on any atom is -0.299 e. The van der Waals surface area contributed by atoms with Crippen LogP contribution < -0.4 is 0 Å². The molecule has 0 spiro atoms. The molecule has 1 nitrogen and oxygen atoms in total. The summed E-state index contributed by atoms with van der Waals surface area (Å²) >= 11 is 5.91. The minimum absolute atomic E-state index is 0.0272. The summed E-state index contributed by atoms with van der Waals surface area (Å²) in [6.45, 7) is 1.99. The quantitative estimate of drug-likeness (QED) is 0.820. The fourth-order valence-corrected chi connectivity index (χ4v) is 2.12. The molecule has 0 saturated heterocycles. The summed E-state index contributed by atoms with van der Waals surface area (Å²) in [5.41, 5.74) is 2.36. The summed E-state index contributed by atoms with van der Waals surface area (Å²) in [6, 6.07) is 12.2. The maximum atomic E-state index is 13.6. The Morgan fingerprint density at radius 2 is 1.79 bits per heavy atom. The topological polar surface area (TPSA) is 17.1 Å². The van der Waals surface area contributed by atoms with E-state index < -0.39 is 5.82 Å². The van der Waals surface area contributed by atoms with Gasteiger partial charge in [-0.1, -0.05) is 47.5 Å². The van der Waals surface area contributed by atoms with Crippen LogP contribution in [0.1, 0.15) is 16.7 Å². The number of ketones is 1. The first-order chi connectivity index (χ1) is 9.06. The molecule has 0 radical (unpaired) electrons. The zero-order valence-corrected chi connectivity index (χ0v) is 11.4. The number of carbonyl (C=O) groups is 1. The molecule has 98 valence electrons. The molecule has 0 amide bonds. The number of aryl methyl sites for hydroxylation is 1. The maximum absolute atomic E-state index is 13.6. The molecule has 0 N–H and O–H groups in total. The van der Waals surface area contributed by atoms with Gasteiger partial charge in [0.1, 0.15) is 11.6 Å². The Morgan fingerprint density at radius 1 is 1.11 bits per heavy atom. The number of Topliss-reactive ketones (excluding diaryl/α,β-unsaturated/α-hetero) is 1. The Balaban J connectivity index is 2.07. The summed E-state index contributed by atoms with van der Waals surface area (Å²) in [5.74, 6) is -0.472. The van der Waals surface area contributed by atoms with Crippen molar-refractivity contribution < 1.29 is 9.18 Å². The van der Waals surface area contributed by atoms with Gasteiger partial charge in [-0.15, -0.1) is 0 Å². The van der Waals surface area contributed by atoms with Crippen LogP contribution in [0.25, 0.3) is 0 Å². The number of carbonyl (C=O) groups excluding carboxylic acids is 1. The third-order valence-electron chi connectivity index (χ3n) is 2.96. The smallest absolute Gasteiger partial charge is 0.141 e. The molecule has 0 aliphatic heterocycles. The summed E-state index contributed by atoms with van der Waals surface area (Å²) in [6.07, 6.45) is 0.324. The predicted octanol–water partition coefficient (Wildman–Crippen LogP) is 4.14. The van der Waals surface area contributed by atoms with E-state index in [-0.39, 0.29) is 17.8 Å². The molecular weight excluding hydrogens is 263 g/mol. The first-order valence-corrected chi connectivity index (χ1v) is 6.44. The van der Waals surface area contributed by atoms with Gasteiger partial charge in [0.2, 0.25) is 0 Å². The zero-order chi connectivity index (χ0) is 13.8. The largest absolute Gasteiger partial charge is 0.299 e. The number of hydrogen-bond acceptors (Lipinski definition) is 1. The van der Waals surface area contributed by atoms with Gasteiger partial charge in [-0.2, -0.15) is 0 Å². The fraction of sp³-hybridized carbons (Fsp3) is 0.188. The molecule has 3 heteroatoms. The average Bonchev–Trinajstić information content (AvgIpc) is 2.37. The number of hydrogen-bond donors (Lipinski definition) is 0. The van der Waals surface area contributed by atoms with E-state index >= 15 is 0 Å². The first kappa shape index (κ1) is 13.8. The van der Waals surface area contributed by atoms with Crippen molar-refractivity contribution in [3.05, 3.63) is 70.0 Å². The van der Waals surface area contributed by atoms with Gasteiger partial charge in [-0.3, -0.25) is 4.79 Å². The molecule has 0 bridgehead atoms. The Morgan fingerprint density at radius 3 is 2.42 bits per heavy atom. The van der Waals surface area contributed by atoms with E-state index in [0.29, 0.717) is 11.4 Å². The summed E-state index contributed by atoms with van der Waals surface area (Å²) < 4.78 is 13.6. The van der Waals surface area contributed by atoms with E-state index in [4.69, 9.17) is 11.6 Å². The summed E-state index contributed by atoms with van der Waals surface area (Å²) in [4.78, 5) is 11.9. The third-order valence-corrected chi connectivity index (χ3v) is 3.31. The van der Waals surface area contributed by atoms with Gasteiger partial charge in [0.25, 0.3) is 0 Å². The van der Waals surface area contributed by atoms with Crippen LogP contribution in [0.4, 0.5) is 4.39 Å². The highest BCUT2D eigenvalue weighted by Crippen LogP contribution is 2.20. The highest BCUT2D eigenvalue weighted by molar-refractivity contribution is 6.31. The van der Waals surface area contributed by atoms with E-state index in [1.54, 1.807) is 6.07 Å². The Labute approximate surface area is 117 Å². The van der Waals surface area contributed by atoms with Crippen LogP contribution in [0.15, 0.2) is 42.5 Å². The molecule has 0 aromatic heterocycles. The van der Waals surface area contributed by atoms with E-state index in [1.807, 2.05) is 31.2 Å². The molecule has 0 unspecified atom stereocenters. The molecule has 0 saturated carbocycles. The molecular formula is C16H14ClFO. The number of halogens is 2. The van der Waals surface area contributed by atoms with Crippen LogP contribution in [-0.2, 0) is 17.6 Å². The normalized spacial score (nSPS) is 10.5.